The molecule has 0 aromatic carbocycles. The maximum atomic E-state index is 13.0. The number of rotatable bonds is 4. The highest BCUT2D eigenvalue weighted by molar-refractivity contribution is 5.94. The number of pyridine rings is 2. The molecule has 10 heteroatoms. The van der Waals surface area contributed by atoms with E-state index in [0.717, 1.165) is 37.6 Å². The monoisotopic (exact) mass is 428 g/mol. The van der Waals surface area contributed by atoms with Gasteiger partial charge in [0, 0.05) is 31.3 Å². The number of halogens is 3. The number of amides is 1. The molecule has 0 spiro atoms. The number of hydrogen-bond acceptors (Lipinski definition) is 6. The third kappa shape index (κ3) is 4.79. The molecule has 4 heterocycles. The van der Waals surface area contributed by atoms with Crippen LogP contribution in [0.2, 0.25) is 0 Å². The second-order valence-electron chi connectivity index (χ2n) is 7.11. The summed E-state index contributed by atoms with van der Waals surface area (Å²) in [7, 11) is 0. The summed E-state index contributed by atoms with van der Waals surface area (Å²) in [5.41, 5.74) is 0.290. The molecule has 1 atom stereocenters. The van der Waals surface area contributed by atoms with E-state index in [9.17, 15) is 18.0 Å². The fourth-order valence-electron chi connectivity index (χ4n) is 3.55. The molecule has 1 N–H and O–H groups in total. The van der Waals surface area contributed by atoms with Crippen LogP contribution in [0.1, 0.15) is 46.9 Å². The van der Waals surface area contributed by atoms with Crippen LogP contribution >= 0.6 is 0 Å². The summed E-state index contributed by atoms with van der Waals surface area (Å²) in [6.07, 6.45) is 3.79. The smallest absolute Gasteiger partial charge is 0.330 e. The first kappa shape index (κ1) is 20.7. The molecule has 7 nitrogen and oxygen atoms in total. The molecule has 3 aromatic heterocycles. The second kappa shape index (κ2) is 8.66. The average Bonchev–Trinajstić information content (AvgIpc) is 2.79. The SMILES string of the molecule is O=C(c1cccnc1)N1CCCCC1c1ccnc(Nc2cc(C(F)(F)F)ccn2)n1. The summed E-state index contributed by atoms with van der Waals surface area (Å²) in [4.78, 5) is 31.2. The van der Waals surface area contributed by atoms with E-state index in [2.05, 4.69) is 25.3 Å². The zero-order valence-electron chi connectivity index (χ0n) is 16.4. The van der Waals surface area contributed by atoms with E-state index >= 15 is 0 Å². The maximum absolute atomic E-state index is 13.0. The van der Waals surface area contributed by atoms with Crippen molar-refractivity contribution in [2.45, 2.75) is 31.5 Å². The van der Waals surface area contributed by atoms with Crippen LogP contribution in [-0.4, -0.2) is 37.3 Å². The number of alkyl halides is 3. The molecule has 0 aliphatic carbocycles. The molecule has 0 radical (unpaired) electrons. The Labute approximate surface area is 176 Å². The molecule has 1 saturated heterocycles. The van der Waals surface area contributed by atoms with Gasteiger partial charge in [-0.3, -0.25) is 9.78 Å². The van der Waals surface area contributed by atoms with Crippen molar-refractivity contribution >= 4 is 17.7 Å². The normalized spacial score (nSPS) is 16.7. The Bertz CT molecular complexity index is 1060. The zero-order chi connectivity index (χ0) is 21.8. The highest BCUT2D eigenvalue weighted by atomic mass is 19.4. The molecular weight excluding hydrogens is 409 g/mol. The summed E-state index contributed by atoms with van der Waals surface area (Å²) < 4.78 is 38.8. The Kier molecular flexibility index (Phi) is 5.79. The van der Waals surface area contributed by atoms with Gasteiger partial charge in [0.05, 0.1) is 22.9 Å². The van der Waals surface area contributed by atoms with Gasteiger partial charge >= 0.3 is 6.18 Å². The van der Waals surface area contributed by atoms with Gasteiger partial charge in [0.2, 0.25) is 5.95 Å². The third-order valence-electron chi connectivity index (χ3n) is 5.02. The van der Waals surface area contributed by atoms with Gasteiger partial charge in [-0.25, -0.2) is 15.0 Å². The Hall–Kier alpha value is -3.56. The number of carbonyl (C=O) groups excluding carboxylic acids is 1. The lowest BCUT2D eigenvalue weighted by atomic mass is 9.98. The minimum Gasteiger partial charge on any atom is -0.330 e. The van der Waals surface area contributed by atoms with Crippen molar-refractivity contribution in [2.24, 2.45) is 0 Å². The van der Waals surface area contributed by atoms with Gasteiger partial charge in [0.1, 0.15) is 5.82 Å². The number of carbonyl (C=O) groups is 1. The van der Waals surface area contributed by atoms with Gasteiger partial charge in [-0.15, -0.1) is 0 Å². The van der Waals surface area contributed by atoms with E-state index in [-0.39, 0.29) is 23.7 Å². The summed E-state index contributed by atoms with van der Waals surface area (Å²) in [6, 6.07) is 6.67. The summed E-state index contributed by atoms with van der Waals surface area (Å²) in [6.45, 7) is 0.584. The number of likely N-dealkylation sites (tertiary alicyclic amines) is 1. The summed E-state index contributed by atoms with van der Waals surface area (Å²) >= 11 is 0. The molecule has 31 heavy (non-hydrogen) atoms. The lowest BCUT2D eigenvalue weighted by Gasteiger charge is -2.35. The fraction of sp³-hybridized carbons (Fsp3) is 0.286. The van der Waals surface area contributed by atoms with Gasteiger partial charge in [-0.1, -0.05) is 0 Å². The standard InChI is InChI=1S/C21H19F3N6O/c22-21(23,24)15-6-9-26-18(12-15)29-20-27-10-7-16(28-20)17-5-1-2-11-30(17)19(31)14-4-3-8-25-13-14/h3-4,6-10,12-13,17H,1-2,5,11H2,(H,26,27,28,29). The van der Waals surface area contributed by atoms with Crippen molar-refractivity contribution in [3.05, 3.63) is 71.9 Å². The van der Waals surface area contributed by atoms with Gasteiger partial charge in [0.15, 0.2) is 0 Å². The van der Waals surface area contributed by atoms with Gasteiger partial charge in [-0.05, 0) is 49.6 Å². The average molecular weight is 428 g/mol. The van der Waals surface area contributed by atoms with Crippen LogP contribution < -0.4 is 5.32 Å². The van der Waals surface area contributed by atoms with Crippen LogP contribution in [0.15, 0.2) is 55.1 Å². The quantitative estimate of drug-likeness (QED) is 0.663. The Balaban J connectivity index is 1.57. The molecule has 1 unspecified atom stereocenters. The molecule has 1 fully saturated rings. The van der Waals surface area contributed by atoms with E-state index in [0.29, 0.717) is 17.8 Å². The molecule has 4 rings (SSSR count). The molecule has 1 amide bonds. The predicted octanol–water partition coefficient (Wildman–Crippen LogP) is 4.40. The van der Waals surface area contributed by atoms with Crippen LogP contribution in [0.5, 0.6) is 0 Å². The van der Waals surface area contributed by atoms with Gasteiger partial charge in [-0.2, -0.15) is 13.2 Å². The number of anilines is 2. The van der Waals surface area contributed by atoms with Gasteiger partial charge in [0.25, 0.3) is 5.91 Å². The highest BCUT2D eigenvalue weighted by Crippen LogP contribution is 2.32. The first-order chi connectivity index (χ1) is 14.9. The van der Waals surface area contributed by atoms with Crippen LogP contribution in [0.3, 0.4) is 0 Å². The Morgan fingerprint density at radius 2 is 1.94 bits per heavy atom. The van der Waals surface area contributed by atoms with Crippen molar-refractivity contribution in [1.82, 2.24) is 24.8 Å². The van der Waals surface area contributed by atoms with E-state index in [1.807, 2.05) is 0 Å². The highest BCUT2D eigenvalue weighted by Gasteiger charge is 2.31. The molecule has 160 valence electrons. The molecule has 0 bridgehead atoms. The number of nitrogens with zero attached hydrogens (tertiary/aromatic N) is 5. The van der Waals surface area contributed by atoms with E-state index in [1.165, 1.54) is 12.4 Å². The summed E-state index contributed by atoms with van der Waals surface area (Å²) in [5, 5.41) is 2.72. The maximum Gasteiger partial charge on any atom is 0.416 e. The van der Waals surface area contributed by atoms with E-state index in [1.54, 1.807) is 29.3 Å². The second-order valence-corrected chi connectivity index (χ2v) is 7.11. The number of piperidine rings is 1. The minimum absolute atomic E-state index is 0.0149. The minimum atomic E-state index is -4.47. The van der Waals surface area contributed by atoms with Crippen molar-refractivity contribution in [3.8, 4) is 0 Å². The van der Waals surface area contributed by atoms with Gasteiger partial charge < -0.3 is 10.2 Å². The van der Waals surface area contributed by atoms with Crippen molar-refractivity contribution in [3.63, 3.8) is 0 Å². The Morgan fingerprint density at radius 1 is 1.10 bits per heavy atom. The van der Waals surface area contributed by atoms with Crippen LogP contribution in [-0.2, 0) is 6.18 Å². The lowest BCUT2D eigenvalue weighted by Crippen LogP contribution is -2.39. The summed E-state index contributed by atoms with van der Waals surface area (Å²) in [5.74, 6) is -0.0342. The van der Waals surface area contributed by atoms with E-state index < -0.39 is 11.7 Å². The first-order valence-electron chi connectivity index (χ1n) is 9.76. The largest absolute Gasteiger partial charge is 0.416 e. The predicted molar refractivity (Wildman–Crippen MR) is 106 cm³/mol. The van der Waals surface area contributed by atoms with Crippen LogP contribution in [0.4, 0.5) is 24.9 Å². The fourth-order valence-corrected chi connectivity index (χ4v) is 3.55. The third-order valence-corrected chi connectivity index (χ3v) is 5.02. The first-order valence-corrected chi connectivity index (χ1v) is 9.76. The zero-order valence-corrected chi connectivity index (χ0v) is 16.4. The number of hydrogen-bond donors (Lipinski definition) is 1. The van der Waals surface area contributed by atoms with Crippen molar-refractivity contribution in [1.29, 1.82) is 0 Å². The molecule has 3 aromatic rings. The lowest BCUT2D eigenvalue weighted by molar-refractivity contribution is -0.137. The van der Waals surface area contributed by atoms with Crippen molar-refractivity contribution < 1.29 is 18.0 Å². The molecule has 1 aliphatic rings. The molecule has 1 aliphatic heterocycles. The Morgan fingerprint density at radius 3 is 2.71 bits per heavy atom. The number of nitrogens with one attached hydrogen (secondary N) is 1. The molecular formula is C21H19F3N6O. The van der Waals surface area contributed by atoms with Crippen molar-refractivity contribution in [2.75, 3.05) is 11.9 Å². The van der Waals surface area contributed by atoms with Crippen LogP contribution in [0.25, 0.3) is 0 Å². The number of aromatic nitrogens is 4. The molecule has 0 saturated carbocycles. The topological polar surface area (TPSA) is 83.9 Å². The van der Waals surface area contributed by atoms with Crippen LogP contribution in [0, 0.1) is 0 Å². The van der Waals surface area contributed by atoms with E-state index in [4.69, 9.17) is 0 Å².